The summed E-state index contributed by atoms with van der Waals surface area (Å²) in [4.78, 5) is 23.7. The van der Waals surface area contributed by atoms with E-state index in [2.05, 4.69) is 34.0 Å². The Labute approximate surface area is 166 Å². The van der Waals surface area contributed by atoms with Crippen LogP contribution >= 0.6 is 0 Å². The Bertz CT molecular complexity index is 961. The van der Waals surface area contributed by atoms with Crippen molar-refractivity contribution in [3.63, 3.8) is 0 Å². The molecule has 3 rings (SSSR count). The number of sulfone groups is 1. The normalized spacial score (nSPS) is 20.3. The van der Waals surface area contributed by atoms with E-state index in [9.17, 15) is 13.2 Å². The maximum Gasteiger partial charge on any atom is 0.224 e. The molecule has 28 heavy (non-hydrogen) atoms. The van der Waals surface area contributed by atoms with Crippen molar-refractivity contribution in [2.45, 2.75) is 50.5 Å². The number of hydrogen-bond donors (Lipinski definition) is 1. The number of anilines is 1. The first-order valence-electron chi connectivity index (χ1n) is 9.80. The predicted octanol–water partition coefficient (Wildman–Crippen LogP) is 2.55. The highest BCUT2D eigenvalue weighted by Crippen LogP contribution is 2.32. The third-order valence-electron chi connectivity index (χ3n) is 5.37. The summed E-state index contributed by atoms with van der Waals surface area (Å²) in [5.74, 6) is 0.672. The van der Waals surface area contributed by atoms with Gasteiger partial charge in [-0.3, -0.25) is 4.79 Å². The second kappa shape index (κ2) is 8.43. The summed E-state index contributed by atoms with van der Waals surface area (Å²) < 4.78 is 24.0. The van der Waals surface area contributed by atoms with Gasteiger partial charge in [0.15, 0.2) is 9.84 Å². The Hall–Kier alpha value is -2.22. The van der Waals surface area contributed by atoms with Gasteiger partial charge in [-0.1, -0.05) is 13.3 Å². The molecule has 0 spiro atoms. The molecule has 1 aromatic carbocycles. The highest BCUT2D eigenvalue weighted by Gasteiger charge is 2.31. The molecule has 1 amide bonds. The van der Waals surface area contributed by atoms with Crippen LogP contribution in [0.4, 0.5) is 5.82 Å². The van der Waals surface area contributed by atoms with Gasteiger partial charge in [-0.05, 0) is 44.4 Å². The first-order valence-corrected chi connectivity index (χ1v) is 11.7. The van der Waals surface area contributed by atoms with Crippen LogP contribution in [0.3, 0.4) is 0 Å². The van der Waals surface area contributed by atoms with E-state index in [-0.39, 0.29) is 22.8 Å². The number of carbonyl (C=O) groups is 1. The third kappa shape index (κ3) is 4.43. The molecule has 2 heterocycles. The highest BCUT2D eigenvalue weighted by atomic mass is 32.2. The van der Waals surface area contributed by atoms with Crippen molar-refractivity contribution >= 4 is 32.5 Å². The van der Waals surface area contributed by atoms with Gasteiger partial charge in [0, 0.05) is 30.8 Å². The number of hydrogen-bond acceptors (Lipinski definition) is 6. The number of rotatable bonds is 6. The van der Waals surface area contributed by atoms with E-state index in [0.717, 1.165) is 25.7 Å². The average molecular weight is 405 g/mol. The molecule has 152 valence electrons. The van der Waals surface area contributed by atoms with Crippen LogP contribution < -0.4 is 10.2 Å². The SMILES string of the molecule is CCCCNC(=O)C1CCC(C)N(c2ncnc3ccc(S(C)(=O)=O)cc23)C1. The second-order valence-corrected chi connectivity index (χ2v) is 9.58. The van der Waals surface area contributed by atoms with Crippen LogP contribution in [-0.2, 0) is 14.6 Å². The van der Waals surface area contributed by atoms with Crippen molar-refractivity contribution < 1.29 is 13.2 Å². The summed E-state index contributed by atoms with van der Waals surface area (Å²) in [5, 5.41) is 3.73. The molecule has 2 atom stereocenters. The van der Waals surface area contributed by atoms with E-state index in [0.29, 0.717) is 29.8 Å². The lowest BCUT2D eigenvalue weighted by molar-refractivity contribution is -0.125. The zero-order valence-electron chi connectivity index (χ0n) is 16.7. The number of unbranched alkanes of at least 4 members (excludes halogenated alkanes) is 1. The topological polar surface area (TPSA) is 92.3 Å². The fourth-order valence-corrected chi connectivity index (χ4v) is 4.28. The number of aromatic nitrogens is 2. The fraction of sp³-hybridized carbons (Fsp3) is 0.550. The van der Waals surface area contributed by atoms with E-state index >= 15 is 0 Å². The molecule has 0 radical (unpaired) electrons. The fourth-order valence-electron chi connectivity index (χ4n) is 3.63. The number of benzene rings is 1. The molecule has 1 saturated heterocycles. The lowest BCUT2D eigenvalue weighted by Crippen LogP contribution is -2.47. The van der Waals surface area contributed by atoms with Crippen molar-refractivity contribution in [2.75, 3.05) is 24.2 Å². The van der Waals surface area contributed by atoms with Crippen LogP contribution in [0.15, 0.2) is 29.4 Å². The van der Waals surface area contributed by atoms with Gasteiger partial charge in [0.1, 0.15) is 12.1 Å². The average Bonchev–Trinajstić information content (AvgIpc) is 2.67. The summed E-state index contributed by atoms with van der Waals surface area (Å²) in [5.41, 5.74) is 0.694. The zero-order chi connectivity index (χ0) is 20.3. The van der Waals surface area contributed by atoms with Gasteiger partial charge in [0.05, 0.1) is 16.3 Å². The molecular formula is C20H28N4O3S. The highest BCUT2D eigenvalue weighted by molar-refractivity contribution is 7.90. The minimum absolute atomic E-state index is 0.0838. The molecule has 0 aliphatic carbocycles. The maximum absolute atomic E-state index is 12.6. The van der Waals surface area contributed by atoms with Gasteiger partial charge >= 0.3 is 0 Å². The molecule has 1 aliphatic heterocycles. The molecule has 1 aliphatic rings. The van der Waals surface area contributed by atoms with Crippen LogP contribution in [-0.4, -0.2) is 49.7 Å². The molecule has 1 N–H and O–H groups in total. The monoisotopic (exact) mass is 404 g/mol. The molecule has 1 aromatic heterocycles. The first-order chi connectivity index (χ1) is 13.3. The predicted molar refractivity (Wildman–Crippen MR) is 110 cm³/mol. The number of fused-ring (bicyclic) bond motifs is 1. The molecule has 2 aromatic rings. The summed E-state index contributed by atoms with van der Waals surface area (Å²) >= 11 is 0. The van der Waals surface area contributed by atoms with E-state index in [1.165, 1.54) is 12.6 Å². The Morgan fingerprint density at radius 2 is 2.07 bits per heavy atom. The molecule has 0 bridgehead atoms. The van der Waals surface area contributed by atoms with Crippen LogP contribution in [0.1, 0.15) is 39.5 Å². The zero-order valence-corrected chi connectivity index (χ0v) is 17.5. The molecule has 2 unspecified atom stereocenters. The van der Waals surface area contributed by atoms with E-state index in [4.69, 9.17) is 0 Å². The van der Waals surface area contributed by atoms with Crippen molar-refractivity contribution in [1.29, 1.82) is 0 Å². The maximum atomic E-state index is 12.6. The van der Waals surface area contributed by atoms with Crippen LogP contribution in [0, 0.1) is 5.92 Å². The minimum Gasteiger partial charge on any atom is -0.356 e. The minimum atomic E-state index is -3.33. The molecular weight excluding hydrogens is 376 g/mol. The van der Waals surface area contributed by atoms with E-state index in [1.807, 2.05) is 0 Å². The van der Waals surface area contributed by atoms with Gasteiger partial charge in [-0.15, -0.1) is 0 Å². The van der Waals surface area contributed by atoms with Gasteiger partial charge in [-0.25, -0.2) is 18.4 Å². The van der Waals surface area contributed by atoms with Gasteiger partial charge in [-0.2, -0.15) is 0 Å². The summed E-state index contributed by atoms with van der Waals surface area (Å²) in [6, 6.07) is 5.12. The van der Waals surface area contributed by atoms with Crippen LogP contribution in [0.5, 0.6) is 0 Å². The van der Waals surface area contributed by atoms with Gasteiger partial charge < -0.3 is 10.2 Å². The van der Waals surface area contributed by atoms with Crippen molar-refractivity contribution in [2.24, 2.45) is 5.92 Å². The van der Waals surface area contributed by atoms with Crippen molar-refractivity contribution in [3.05, 3.63) is 24.5 Å². The Kier molecular flexibility index (Phi) is 6.17. The molecule has 1 fully saturated rings. The molecule has 8 heteroatoms. The Balaban J connectivity index is 1.92. The third-order valence-corrected chi connectivity index (χ3v) is 6.48. The molecule has 7 nitrogen and oxygen atoms in total. The largest absolute Gasteiger partial charge is 0.356 e. The smallest absolute Gasteiger partial charge is 0.224 e. The number of amides is 1. The van der Waals surface area contributed by atoms with E-state index in [1.54, 1.807) is 18.2 Å². The van der Waals surface area contributed by atoms with Gasteiger partial charge in [0.2, 0.25) is 5.91 Å². The summed E-state index contributed by atoms with van der Waals surface area (Å²) in [7, 11) is -3.33. The van der Waals surface area contributed by atoms with E-state index < -0.39 is 9.84 Å². The van der Waals surface area contributed by atoms with Crippen LogP contribution in [0.25, 0.3) is 10.9 Å². The lowest BCUT2D eigenvalue weighted by atomic mass is 9.92. The van der Waals surface area contributed by atoms with Crippen LogP contribution in [0.2, 0.25) is 0 Å². The molecule has 0 saturated carbocycles. The number of piperidine rings is 1. The van der Waals surface area contributed by atoms with Crippen molar-refractivity contribution in [1.82, 2.24) is 15.3 Å². The number of nitrogens with one attached hydrogen (secondary N) is 1. The number of nitrogens with zero attached hydrogens (tertiary/aromatic N) is 3. The number of carbonyl (C=O) groups excluding carboxylic acids is 1. The summed E-state index contributed by atoms with van der Waals surface area (Å²) in [6.07, 6.45) is 6.43. The van der Waals surface area contributed by atoms with Gasteiger partial charge in [0.25, 0.3) is 0 Å². The summed E-state index contributed by atoms with van der Waals surface area (Å²) in [6.45, 7) is 5.48. The second-order valence-electron chi connectivity index (χ2n) is 7.57. The lowest BCUT2D eigenvalue weighted by Gasteiger charge is -2.38. The first kappa shape index (κ1) is 20.5. The van der Waals surface area contributed by atoms with Crippen molar-refractivity contribution in [3.8, 4) is 0 Å². The Morgan fingerprint density at radius 3 is 2.79 bits per heavy atom. The quantitative estimate of drug-likeness (QED) is 0.744. The Morgan fingerprint density at radius 1 is 1.29 bits per heavy atom. The standard InChI is InChI=1S/C20H28N4O3S/c1-4-5-10-21-20(25)15-7-6-14(2)24(12-15)19-17-11-16(28(3,26)27)8-9-18(17)22-13-23-19/h8-9,11,13-15H,4-7,10,12H2,1-3H3,(H,21,25).